The Morgan fingerprint density at radius 1 is 1.24 bits per heavy atom. The van der Waals surface area contributed by atoms with Crippen molar-refractivity contribution >= 4 is 6.03 Å². The summed E-state index contributed by atoms with van der Waals surface area (Å²) in [6, 6.07) is 0.190. The van der Waals surface area contributed by atoms with Crippen molar-refractivity contribution in [3.05, 3.63) is 0 Å². The van der Waals surface area contributed by atoms with E-state index in [9.17, 15) is 4.79 Å². The number of carbonyl (C=O) groups excluding carboxylic acids is 1. The van der Waals surface area contributed by atoms with Crippen LogP contribution < -0.4 is 5.73 Å². The van der Waals surface area contributed by atoms with Gasteiger partial charge in [-0.25, -0.2) is 4.79 Å². The van der Waals surface area contributed by atoms with Gasteiger partial charge in [-0.2, -0.15) is 0 Å². The maximum Gasteiger partial charge on any atom is 0.320 e. The van der Waals surface area contributed by atoms with Crippen LogP contribution in [0, 0.1) is 5.92 Å². The number of hydrogen-bond donors (Lipinski definition) is 1. The van der Waals surface area contributed by atoms with Gasteiger partial charge < -0.3 is 20.3 Å². The summed E-state index contributed by atoms with van der Waals surface area (Å²) in [6.07, 6.45) is 3.36. The molecule has 2 amide bonds. The number of ether oxygens (including phenoxy) is 1. The Morgan fingerprint density at radius 2 is 2.00 bits per heavy atom. The molecule has 2 fully saturated rings. The summed E-state index contributed by atoms with van der Waals surface area (Å²) in [7, 11) is 0. The second-order valence-electron chi connectivity index (χ2n) is 4.91. The van der Waals surface area contributed by atoms with Crippen LogP contribution in [0.2, 0.25) is 0 Å². The molecule has 0 aromatic carbocycles. The molecule has 1 unspecified atom stereocenters. The molecule has 98 valence electrons. The zero-order valence-electron chi connectivity index (χ0n) is 10.4. The van der Waals surface area contributed by atoms with E-state index >= 15 is 0 Å². The number of hydrogen-bond acceptors (Lipinski definition) is 3. The van der Waals surface area contributed by atoms with Crippen molar-refractivity contribution < 1.29 is 9.53 Å². The average molecular weight is 241 g/mol. The van der Waals surface area contributed by atoms with E-state index in [1.165, 1.54) is 6.42 Å². The summed E-state index contributed by atoms with van der Waals surface area (Å²) >= 11 is 0. The van der Waals surface area contributed by atoms with E-state index in [2.05, 4.69) is 0 Å². The molecule has 0 aliphatic carbocycles. The van der Waals surface area contributed by atoms with Gasteiger partial charge in [-0.3, -0.25) is 0 Å². The molecule has 2 N–H and O–H groups in total. The first-order chi connectivity index (χ1) is 8.31. The fourth-order valence-electron chi connectivity index (χ4n) is 2.66. The molecule has 2 rings (SSSR count). The molecule has 2 heterocycles. The van der Waals surface area contributed by atoms with Gasteiger partial charge in [-0.1, -0.05) is 0 Å². The van der Waals surface area contributed by atoms with E-state index in [-0.39, 0.29) is 6.03 Å². The highest BCUT2D eigenvalue weighted by Gasteiger charge is 2.27. The average Bonchev–Trinajstić information content (AvgIpc) is 2.40. The number of nitrogens with two attached hydrogens (primary N) is 1. The Hall–Kier alpha value is -0.810. The van der Waals surface area contributed by atoms with Crippen molar-refractivity contribution in [2.45, 2.75) is 19.3 Å². The number of morpholine rings is 1. The van der Waals surface area contributed by atoms with Crippen LogP contribution in [0.25, 0.3) is 0 Å². The van der Waals surface area contributed by atoms with Crippen molar-refractivity contribution in [3.8, 4) is 0 Å². The van der Waals surface area contributed by atoms with Gasteiger partial charge in [0.15, 0.2) is 0 Å². The number of likely N-dealkylation sites (tertiary alicyclic amines) is 1. The number of nitrogens with zero attached hydrogens (tertiary/aromatic N) is 2. The molecule has 0 aromatic rings. The minimum atomic E-state index is 0.190. The van der Waals surface area contributed by atoms with Crippen LogP contribution in [0.5, 0.6) is 0 Å². The lowest BCUT2D eigenvalue weighted by molar-refractivity contribution is 0.0390. The molecular formula is C12H23N3O2. The third-order valence-electron chi connectivity index (χ3n) is 3.65. The lowest BCUT2D eigenvalue weighted by atomic mass is 9.95. The fourth-order valence-corrected chi connectivity index (χ4v) is 2.66. The Kier molecular flexibility index (Phi) is 4.62. The second-order valence-corrected chi connectivity index (χ2v) is 4.91. The summed E-state index contributed by atoms with van der Waals surface area (Å²) in [5.74, 6) is 0.596. The Balaban J connectivity index is 1.85. The van der Waals surface area contributed by atoms with Crippen LogP contribution in [0.1, 0.15) is 19.3 Å². The molecule has 5 nitrogen and oxygen atoms in total. The predicted molar refractivity (Wildman–Crippen MR) is 65.8 cm³/mol. The maximum absolute atomic E-state index is 12.3. The van der Waals surface area contributed by atoms with E-state index in [0.29, 0.717) is 19.1 Å². The lowest BCUT2D eigenvalue weighted by Crippen LogP contribution is -2.51. The molecule has 0 saturated carbocycles. The van der Waals surface area contributed by atoms with Crippen LogP contribution >= 0.6 is 0 Å². The van der Waals surface area contributed by atoms with Crippen molar-refractivity contribution in [1.82, 2.24) is 9.80 Å². The number of piperidine rings is 1. The van der Waals surface area contributed by atoms with Crippen molar-refractivity contribution in [1.29, 1.82) is 0 Å². The van der Waals surface area contributed by atoms with E-state index < -0.39 is 0 Å². The zero-order valence-corrected chi connectivity index (χ0v) is 10.4. The first-order valence-electron chi connectivity index (χ1n) is 6.63. The highest BCUT2D eigenvalue weighted by atomic mass is 16.5. The molecule has 0 aromatic heterocycles. The monoisotopic (exact) mass is 241 g/mol. The van der Waals surface area contributed by atoms with Gasteiger partial charge in [0.25, 0.3) is 0 Å². The normalized spacial score (nSPS) is 26.1. The van der Waals surface area contributed by atoms with Crippen molar-refractivity contribution in [2.24, 2.45) is 11.7 Å². The van der Waals surface area contributed by atoms with E-state index in [4.69, 9.17) is 10.5 Å². The minimum absolute atomic E-state index is 0.190. The van der Waals surface area contributed by atoms with Gasteiger partial charge in [0, 0.05) is 26.2 Å². The third kappa shape index (κ3) is 3.33. The van der Waals surface area contributed by atoms with Crippen LogP contribution in [0.3, 0.4) is 0 Å². The van der Waals surface area contributed by atoms with Gasteiger partial charge in [0.2, 0.25) is 0 Å². The highest BCUT2D eigenvalue weighted by molar-refractivity contribution is 5.74. The fraction of sp³-hybridized carbons (Fsp3) is 0.917. The molecule has 17 heavy (non-hydrogen) atoms. The van der Waals surface area contributed by atoms with Gasteiger partial charge in [0.05, 0.1) is 13.2 Å². The van der Waals surface area contributed by atoms with Crippen LogP contribution in [-0.2, 0) is 4.74 Å². The summed E-state index contributed by atoms with van der Waals surface area (Å²) < 4.78 is 5.27. The van der Waals surface area contributed by atoms with Gasteiger partial charge >= 0.3 is 6.03 Å². The summed E-state index contributed by atoms with van der Waals surface area (Å²) in [4.78, 5) is 16.2. The van der Waals surface area contributed by atoms with Crippen molar-refractivity contribution in [3.63, 3.8) is 0 Å². The lowest BCUT2D eigenvalue weighted by Gasteiger charge is -2.37. The third-order valence-corrected chi connectivity index (χ3v) is 3.65. The first-order valence-corrected chi connectivity index (χ1v) is 6.63. The van der Waals surface area contributed by atoms with Gasteiger partial charge in [-0.15, -0.1) is 0 Å². The zero-order chi connectivity index (χ0) is 12.1. The minimum Gasteiger partial charge on any atom is -0.378 e. The number of carbonyl (C=O) groups is 1. The SMILES string of the molecule is NCCC1CCCN(C(=O)N2CCOCC2)C1. The molecule has 2 saturated heterocycles. The van der Waals surface area contributed by atoms with Crippen LogP contribution in [0.15, 0.2) is 0 Å². The Morgan fingerprint density at radius 3 is 2.71 bits per heavy atom. The molecule has 2 aliphatic heterocycles. The topological polar surface area (TPSA) is 58.8 Å². The smallest absolute Gasteiger partial charge is 0.320 e. The highest BCUT2D eigenvalue weighted by Crippen LogP contribution is 2.20. The molecule has 1 atom stereocenters. The standard InChI is InChI=1S/C12H23N3O2/c13-4-3-11-2-1-5-15(10-11)12(16)14-6-8-17-9-7-14/h11H,1-10,13H2. The van der Waals surface area contributed by atoms with Gasteiger partial charge in [-0.05, 0) is 31.7 Å². The summed E-state index contributed by atoms with van der Waals surface area (Å²) in [5, 5.41) is 0. The van der Waals surface area contributed by atoms with E-state index in [0.717, 1.165) is 45.6 Å². The van der Waals surface area contributed by atoms with Crippen LogP contribution in [0.4, 0.5) is 4.79 Å². The molecule has 2 aliphatic rings. The predicted octanol–water partition coefficient (Wildman–Crippen LogP) is 0.499. The molecular weight excluding hydrogens is 218 g/mol. The Labute approximate surface area is 103 Å². The number of amides is 2. The maximum atomic E-state index is 12.3. The summed E-state index contributed by atoms with van der Waals surface area (Å²) in [5.41, 5.74) is 5.59. The first kappa shape index (κ1) is 12.6. The van der Waals surface area contributed by atoms with E-state index in [1.807, 2.05) is 9.80 Å². The summed E-state index contributed by atoms with van der Waals surface area (Å²) in [6.45, 7) is 5.32. The molecule has 0 radical (unpaired) electrons. The Bertz CT molecular complexity index is 252. The number of rotatable bonds is 2. The van der Waals surface area contributed by atoms with Gasteiger partial charge in [0.1, 0.15) is 0 Å². The molecule has 0 spiro atoms. The van der Waals surface area contributed by atoms with E-state index in [1.54, 1.807) is 0 Å². The second kappa shape index (κ2) is 6.21. The molecule has 0 bridgehead atoms. The quantitative estimate of drug-likeness (QED) is 0.766. The largest absolute Gasteiger partial charge is 0.378 e. The van der Waals surface area contributed by atoms with Crippen LogP contribution in [-0.4, -0.2) is 61.8 Å². The molecule has 5 heteroatoms. The number of urea groups is 1. The van der Waals surface area contributed by atoms with Crippen molar-refractivity contribution in [2.75, 3.05) is 45.9 Å².